The minimum absolute atomic E-state index is 0.662. The summed E-state index contributed by atoms with van der Waals surface area (Å²) in [6.45, 7) is 0. The third-order valence-corrected chi connectivity index (χ3v) is 2.47. The number of aryl methyl sites for hydroxylation is 1. The van der Waals surface area contributed by atoms with Gasteiger partial charge in [0.1, 0.15) is 11.5 Å². The smallest absolute Gasteiger partial charge is 0.138 e. The molecule has 1 aromatic carbocycles. The summed E-state index contributed by atoms with van der Waals surface area (Å²) in [6, 6.07) is 9.37. The molecule has 0 aliphatic carbocycles. The van der Waals surface area contributed by atoms with E-state index >= 15 is 0 Å². The van der Waals surface area contributed by atoms with E-state index in [1.807, 2.05) is 30.3 Å². The van der Waals surface area contributed by atoms with E-state index in [0.717, 1.165) is 23.4 Å². The van der Waals surface area contributed by atoms with Gasteiger partial charge >= 0.3 is 0 Å². The highest BCUT2D eigenvalue weighted by atomic mass is 35.5. The molecule has 2 aromatic rings. The molecule has 1 aromatic heterocycles. The van der Waals surface area contributed by atoms with Gasteiger partial charge in [0.05, 0.1) is 0 Å². The molecule has 0 bridgehead atoms. The Morgan fingerprint density at radius 2 is 2.06 bits per heavy atom. The zero-order chi connectivity index (χ0) is 11.4. The number of terminal acetylenes is 1. The Balaban J connectivity index is 2.18. The quantitative estimate of drug-likeness (QED) is 0.755. The molecule has 0 spiro atoms. The molecular weight excluding hydrogens is 222 g/mol. The van der Waals surface area contributed by atoms with Crippen LogP contribution in [0.4, 0.5) is 0 Å². The molecule has 1 heterocycles. The monoisotopic (exact) mass is 231 g/mol. The summed E-state index contributed by atoms with van der Waals surface area (Å²) in [7, 11) is 0. The number of aromatic nitrogens is 1. The summed E-state index contributed by atoms with van der Waals surface area (Å²) in [5, 5.41) is 4.69. The van der Waals surface area contributed by atoms with Crippen molar-refractivity contribution in [2.24, 2.45) is 0 Å². The Bertz CT molecular complexity index is 507. The Morgan fingerprint density at radius 1 is 1.31 bits per heavy atom. The van der Waals surface area contributed by atoms with Gasteiger partial charge in [-0.1, -0.05) is 28.9 Å². The fourth-order valence-electron chi connectivity index (χ4n) is 1.38. The van der Waals surface area contributed by atoms with Crippen LogP contribution in [0, 0.1) is 12.3 Å². The second-order valence-electron chi connectivity index (χ2n) is 3.39. The Hall–Kier alpha value is -1.72. The van der Waals surface area contributed by atoms with E-state index in [4.69, 9.17) is 22.5 Å². The van der Waals surface area contributed by atoms with Crippen molar-refractivity contribution < 1.29 is 4.52 Å². The van der Waals surface area contributed by atoms with E-state index in [1.165, 1.54) is 0 Å². The zero-order valence-corrected chi connectivity index (χ0v) is 9.37. The molecule has 0 radical (unpaired) electrons. The van der Waals surface area contributed by atoms with Crippen molar-refractivity contribution in [2.75, 3.05) is 0 Å². The first kappa shape index (κ1) is 10.8. The van der Waals surface area contributed by atoms with Gasteiger partial charge in [0.2, 0.25) is 0 Å². The second-order valence-corrected chi connectivity index (χ2v) is 3.83. The summed E-state index contributed by atoms with van der Waals surface area (Å²) in [5.41, 5.74) is 1.80. The number of rotatable bonds is 3. The topological polar surface area (TPSA) is 26.0 Å². The van der Waals surface area contributed by atoms with Gasteiger partial charge in [-0.25, -0.2) is 0 Å². The number of nitrogens with zero attached hydrogens (tertiary/aromatic N) is 1. The predicted octanol–water partition coefficient (Wildman–Crippen LogP) is 3.56. The molecule has 0 fully saturated rings. The van der Waals surface area contributed by atoms with Gasteiger partial charge in [0.15, 0.2) is 0 Å². The minimum Gasteiger partial charge on any atom is -0.361 e. The van der Waals surface area contributed by atoms with E-state index in [-0.39, 0.29) is 0 Å². The van der Waals surface area contributed by atoms with E-state index < -0.39 is 0 Å². The molecule has 0 atom stereocenters. The molecule has 3 heteroatoms. The predicted molar refractivity (Wildman–Crippen MR) is 64.1 cm³/mol. The van der Waals surface area contributed by atoms with Gasteiger partial charge in [-0.05, 0) is 12.1 Å². The largest absolute Gasteiger partial charge is 0.361 e. The zero-order valence-electron chi connectivity index (χ0n) is 8.61. The normalized spacial score (nSPS) is 10.0. The first-order chi connectivity index (χ1) is 7.79. The first-order valence-electron chi connectivity index (χ1n) is 4.94. The summed E-state index contributed by atoms with van der Waals surface area (Å²) < 4.78 is 5.17. The lowest BCUT2D eigenvalue weighted by molar-refractivity contribution is 0.386. The SMILES string of the molecule is C#CCCc1cc(-c2ccc(Cl)cc2)no1. The van der Waals surface area contributed by atoms with Gasteiger partial charge in [-0.2, -0.15) is 0 Å². The van der Waals surface area contributed by atoms with E-state index in [1.54, 1.807) is 0 Å². The molecule has 0 unspecified atom stereocenters. The molecule has 0 N–H and O–H groups in total. The molecule has 0 amide bonds. The van der Waals surface area contributed by atoms with Crippen LogP contribution in [0.3, 0.4) is 0 Å². The first-order valence-corrected chi connectivity index (χ1v) is 5.32. The van der Waals surface area contributed by atoms with Gasteiger partial charge in [-0.15, -0.1) is 12.3 Å². The van der Waals surface area contributed by atoms with Crippen LogP contribution in [-0.4, -0.2) is 5.16 Å². The summed E-state index contributed by atoms with van der Waals surface area (Å²) >= 11 is 5.81. The number of hydrogen-bond acceptors (Lipinski definition) is 2. The molecule has 0 aliphatic heterocycles. The summed E-state index contributed by atoms with van der Waals surface area (Å²) in [5.74, 6) is 3.38. The van der Waals surface area contributed by atoms with Crippen LogP contribution in [0.15, 0.2) is 34.9 Å². The highest BCUT2D eigenvalue weighted by Crippen LogP contribution is 2.21. The summed E-state index contributed by atoms with van der Waals surface area (Å²) in [6.07, 6.45) is 6.57. The molecule has 0 saturated carbocycles. The number of benzene rings is 1. The highest BCUT2D eigenvalue weighted by Gasteiger charge is 2.05. The molecular formula is C13H10ClNO. The lowest BCUT2D eigenvalue weighted by Crippen LogP contribution is -1.77. The van der Waals surface area contributed by atoms with E-state index in [9.17, 15) is 0 Å². The maximum absolute atomic E-state index is 5.81. The van der Waals surface area contributed by atoms with Crippen LogP contribution in [0.25, 0.3) is 11.3 Å². The Morgan fingerprint density at radius 3 is 2.75 bits per heavy atom. The van der Waals surface area contributed by atoms with Crippen LogP contribution in [0.5, 0.6) is 0 Å². The van der Waals surface area contributed by atoms with Gasteiger partial charge in [-0.3, -0.25) is 0 Å². The van der Waals surface area contributed by atoms with Crippen molar-refractivity contribution in [1.82, 2.24) is 5.16 Å². The van der Waals surface area contributed by atoms with Crippen LogP contribution in [0.1, 0.15) is 12.2 Å². The van der Waals surface area contributed by atoms with Crippen LogP contribution < -0.4 is 0 Å². The van der Waals surface area contributed by atoms with Gasteiger partial charge in [0.25, 0.3) is 0 Å². The minimum atomic E-state index is 0.662. The molecule has 2 nitrogen and oxygen atoms in total. The lowest BCUT2D eigenvalue weighted by atomic mass is 10.1. The van der Waals surface area contributed by atoms with Crippen LogP contribution in [-0.2, 0) is 6.42 Å². The Kier molecular flexibility index (Phi) is 3.28. The molecule has 0 aliphatic rings. The third-order valence-electron chi connectivity index (χ3n) is 2.21. The average molecular weight is 232 g/mol. The third kappa shape index (κ3) is 2.44. The fraction of sp³-hybridized carbons (Fsp3) is 0.154. The second kappa shape index (κ2) is 4.87. The molecule has 0 saturated heterocycles. The molecule has 2 rings (SSSR count). The van der Waals surface area contributed by atoms with E-state index in [2.05, 4.69) is 11.1 Å². The van der Waals surface area contributed by atoms with Crippen molar-refractivity contribution in [3.63, 3.8) is 0 Å². The number of hydrogen-bond donors (Lipinski definition) is 0. The average Bonchev–Trinajstić information content (AvgIpc) is 2.76. The van der Waals surface area contributed by atoms with Crippen LogP contribution in [0.2, 0.25) is 5.02 Å². The van der Waals surface area contributed by atoms with Crippen molar-refractivity contribution in [2.45, 2.75) is 12.8 Å². The lowest BCUT2D eigenvalue weighted by Gasteiger charge is -1.94. The Labute approximate surface area is 99.2 Å². The van der Waals surface area contributed by atoms with Gasteiger partial charge < -0.3 is 4.52 Å². The van der Waals surface area contributed by atoms with Gasteiger partial charge in [0, 0.05) is 29.5 Å². The van der Waals surface area contributed by atoms with Crippen molar-refractivity contribution in [3.8, 4) is 23.6 Å². The number of halogens is 1. The van der Waals surface area contributed by atoms with Crippen molar-refractivity contribution in [3.05, 3.63) is 41.1 Å². The van der Waals surface area contributed by atoms with Crippen molar-refractivity contribution >= 4 is 11.6 Å². The maximum Gasteiger partial charge on any atom is 0.138 e. The van der Waals surface area contributed by atoms with Crippen LogP contribution >= 0.6 is 11.6 Å². The molecule has 16 heavy (non-hydrogen) atoms. The van der Waals surface area contributed by atoms with Crippen molar-refractivity contribution in [1.29, 1.82) is 0 Å². The van der Waals surface area contributed by atoms with E-state index in [0.29, 0.717) is 11.4 Å². The summed E-state index contributed by atoms with van der Waals surface area (Å²) in [4.78, 5) is 0. The standard InChI is InChI=1S/C13H10ClNO/c1-2-3-4-12-9-13(15-16-12)10-5-7-11(14)8-6-10/h1,5-9H,3-4H2. The fourth-order valence-corrected chi connectivity index (χ4v) is 1.51. The maximum atomic E-state index is 5.81. The molecule has 80 valence electrons. The highest BCUT2D eigenvalue weighted by molar-refractivity contribution is 6.30.